The van der Waals surface area contributed by atoms with E-state index in [1.807, 2.05) is 7.05 Å². The van der Waals surface area contributed by atoms with Crippen molar-refractivity contribution in [2.24, 2.45) is 4.99 Å². The number of hydrogen-bond acceptors (Lipinski definition) is 2. The molecule has 1 saturated heterocycles. The molecule has 0 amide bonds. The molecule has 2 N–H and O–H groups in total. The van der Waals surface area contributed by atoms with Gasteiger partial charge in [-0.15, -0.1) is 0 Å². The Bertz CT molecular complexity index is 661. The SMILES string of the molecule is CN=C(NCCc1ccccc1)NC1CCN(Cc2ccccc2)CC1. The second kappa shape index (κ2) is 9.97. The van der Waals surface area contributed by atoms with Crippen LogP contribution in [-0.2, 0) is 13.0 Å². The van der Waals surface area contributed by atoms with Crippen molar-refractivity contribution < 1.29 is 0 Å². The topological polar surface area (TPSA) is 39.7 Å². The lowest BCUT2D eigenvalue weighted by molar-refractivity contribution is 0.198. The molecular weight excluding hydrogens is 320 g/mol. The van der Waals surface area contributed by atoms with Crippen LogP contribution in [0.4, 0.5) is 0 Å². The largest absolute Gasteiger partial charge is 0.356 e. The Morgan fingerprint density at radius 1 is 0.962 bits per heavy atom. The summed E-state index contributed by atoms with van der Waals surface area (Å²) in [6.45, 7) is 4.22. The Balaban J connectivity index is 1.37. The van der Waals surface area contributed by atoms with Crippen LogP contribution < -0.4 is 10.6 Å². The number of benzene rings is 2. The van der Waals surface area contributed by atoms with E-state index in [0.29, 0.717) is 6.04 Å². The van der Waals surface area contributed by atoms with E-state index in [0.717, 1.165) is 51.4 Å². The molecule has 0 aliphatic carbocycles. The van der Waals surface area contributed by atoms with Gasteiger partial charge in [-0.05, 0) is 30.4 Å². The molecule has 2 aromatic rings. The van der Waals surface area contributed by atoms with Crippen LogP contribution in [0, 0.1) is 0 Å². The maximum atomic E-state index is 4.38. The third-order valence-corrected chi connectivity index (χ3v) is 4.95. The zero-order valence-corrected chi connectivity index (χ0v) is 15.7. The fourth-order valence-electron chi connectivity index (χ4n) is 3.43. The summed E-state index contributed by atoms with van der Waals surface area (Å²) in [6, 6.07) is 21.8. The van der Waals surface area contributed by atoms with E-state index in [1.165, 1.54) is 11.1 Å². The number of rotatable bonds is 6. The van der Waals surface area contributed by atoms with Gasteiger partial charge in [-0.25, -0.2) is 0 Å². The van der Waals surface area contributed by atoms with Crippen LogP contribution in [0.1, 0.15) is 24.0 Å². The molecule has 4 heteroatoms. The van der Waals surface area contributed by atoms with Gasteiger partial charge >= 0.3 is 0 Å². The molecule has 1 heterocycles. The van der Waals surface area contributed by atoms with Gasteiger partial charge in [0.25, 0.3) is 0 Å². The van der Waals surface area contributed by atoms with Crippen LogP contribution in [0.15, 0.2) is 65.7 Å². The normalized spacial score (nSPS) is 16.4. The van der Waals surface area contributed by atoms with E-state index in [-0.39, 0.29) is 0 Å². The summed E-state index contributed by atoms with van der Waals surface area (Å²) in [4.78, 5) is 6.92. The van der Waals surface area contributed by atoms with Crippen LogP contribution in [0.3, 0.4) is 0 Å². The molecule has 1 fully saturated rings. The summed E-state index contributed by atoms with van der Waals surface area (Å²) in [6.07, 6.45) is 3.33. The van der Waals surface area contributed by atoms with Crippen LogP contribution in [0.5, 0.6) is 0 Å². The Labute approximate surface area is 157 Å². The van der Waals surface area contributed by atoms with E-state index in [9.17, 15) is 0 Å². The summed E-state index contributed by atoms with van der Waals surface area (Å²) in [5.41, 5.74) is 2.75. The van der Waals surface area contributed by atoms with Gasteiger partial charge in [0.05, 0.1) is 0 Å². The molecule has 0 bridgehead atoms. The molecule has 0 spiro atoms. The Morgan fingerprint density at radius 2 is 1.58 bits per heavy atom. The first-order valence-electron chi connectivity index (χ1n) is 9.61. The average molecular weight is 351 g/mol. The highest BCUT2D eigenvalue weighted by molar-refractivity contribution is 5.79. The Kier molecular flexibility index (Phi) is 7.08. The Hall–Kier alpha value is -2.33. The number of piperidine rings is 1. The van der Waals surface area contributed by atoms with E-state index >= 15 is 0 Å². The number of hydrogen-bond donors (Lipinski definition) is 2. The van der Waals surface area contributed by atoms with Gasteiger partial charge in [0.1, 0.15) is 0 Å². The van der Waals surface area contributed by atoms with Crippen molar-refractivity contribution in [2.45, 2.75) is 31.8 Å². The van der Waals surface area contributed by atoms with Gasteiger partial charge in [0, 0.05) is 39.3 Å². The number of nitrogens with one attached hydrogen (secondary N) is 2. The lowest BCUT2D eigenvalue weighted by atomic mass is 10.0. The molecule has 0 saturated carbocycles. The molecule has 4 nitrogen and oxygen atoms in total. The third-order valence-electron chi connectivity index (χ3n) is 4.95. The standard InChI is InChI=1S/C22H30N4/c1-23-22(24-15-12-19-8-4-2-5-9-19)25-21-13-16-26(17-14-21)18-20-10-6-3-7-11-20/h2-11,21H,12-18H2,1H3,(H2,23,24,25). The molecule has 1 aliphatic heterocycles. The van der Waals surface area contributed by atoms with Gasteiger partial charge in [-0.3, -0.25) is 9.89 Å². The van der Waals surface area contributed by atoms with E-state index in [4.69, 9.17) is 0 Å². The summed E-state index contributed by atoms with van der Waals surface area (Å²) in [7, 11) is 1.85. The molecule has 0 unspecified atom stereocenters. The average Bonchev–Trinajstić information content (AvgIpc) is 2.70. The zero-order chi connectivity index (χ0) is 18.0. The minimum atomic E-state index is 0.505. The summed E-state index contributed by atoms with van der Waals surface area (Å²) < 4.78 is 0. The van der Waals surface area contributed by atoms with Crippen molar-refractivity contribution in [3.05, 3.63) is 71.8 Å². The van der Waals surface area contributed by atoms with Crippen LogP contribution in [-0.4, -0.2) is 43.6 Å². The quantitative estimate of drug-likeness (QED) is 0.621. The highest BCUT2D eigenvalue weighted by Gasteiger charge is 2.19. The molecule has 2 aromatic carbocycles. The number of nitrogens with zero attached hydrogens (tertiary/aromatic N) is 2. The minimum absolute atomic E-state index is 0.505. The monoisotopic (exact) mass is 350 g/mol. The van der Waals surface area contributed by atoms with Gasteiger partial charge in [0.2, 0.25) is 0 Å². The highest BCUT2D eigenvalue weighted by Crippen LogP contribution is 2.13. The smallest absolute Gasteiger partial charge is 0.191 e. The number of likely N-dealkylation sites (tertiary alicyclic amines) is 1. The maximum Gasteiger partial charge on any atom is 0.191 e. The fraction of sp³-hybridized carbons (Fsp3) is 0.409. The van der Waals surface area contributed by atoms with Crippen molar-refractivity contribution in [2.75, 3.05) is 26.7 Å². The van der Waals surface area contributed by atoms with Crippen molar-refractivity contribution in [1.82, 2.24) is 15.5 Å². The second-order valence-corrected chi connectivity index (χ2v) is 6.91. The van der Waals surface area contributed by atoms with Crippen LogP contribution >= 0.6 is 0 Å². The molecule has 26 heavy (non-hydrogen) atoms. The fourth-order valence-corrected chi connectivity index (χ4v) is 3.43. The highest BCUT2D eigenvalue weighted by atomic mass is 15.2. The lowest BCUT2D eigenvalue weighted by Gasteiger charge is -2.33. The summed E-state index contributed by atoms with van der Waals surface area (Å²) >= 11 is 0. The molecule has 0 aromatic heterocycles. The molecule has 138 valence electrons. The first-order valence-corrected chi connectivity index (χ1v) is 9.61. The maximum absolute atomic E-state index is 4.38. The van der Waals surface area contributed by atoms with E-state index in [2.05, 4.69) is 81.2 Å². The first-order chi connectivity index (χ1) is 12.8. The van der Waals surface area contributed by atoms with Gasteiger partial charge in [-0.1, -0.05) is 60.7 Å². The van der Waals surface area contributed by atoms with Gasteiger partial charge in [0.15, 0.2) is 5.96 Å². The number of aliphatic imine (C=N–C) groups is 1. The van der Waals surface area contributed by atoms with Gasteiger partial charge < -0.3 is 10.6 Å². The zero-order valence-electron chi connectivity index (χ0n) is 15.7. The first kappa shape index (κ1) is 18.5. The van der Waals surface area contributed by atoms with Crippen LogP contribution in [0.2, 0.25) is 0 Å². The predicted molar refractivity (Wildman–Crippen MR) is 109 cm³/mol. The minimum Gasteiger partial charge on any atom is -0.356 e. The molecule has 0 radical (unpaired) electrons. The van der Waals surface area contributed by atoms with Crippen molar-refractivity contribution in [1.29, 1.82) is 0 Å². The van der Waals surface area contributed by atoms with Crippen molar-refractivity contribution in [3.8, 4) is 0 Å². The Morgan fingerprint density at radius 3 is 2.19 bits per heavy atom. The molecule has 0 atom stereocenters. The van der Waals surface area contributed by atoms with Crippen LogP contribution in [0.25, 0.3) is 0 Å². The second-order valence-electron chi connectivity index (χ2n) is 6.91. The van der Waals surface area contributed by atoms with E-state index in [1.54, 1.807) is 0 Å². The lowest BCUT2D eigenvalue weighted by Crippen LogP contribution is -2.48. The van der Waals surface area contributed by atoms with E-state index < -0.39 is 0 Å². The van der Waals surface area contributed by atoms with Crippen molar-refractivity contribution in [3.63, 3.8) is 0 Å². The summed E-state index contributed by atoms with van der Waals surface area (Å²) in [5, 5.41) is 7.03. The number of guanidine groups is 1. The van der Waals surface area contributed by atoms with Gasteiger partial charge in [-0.2, -0.15) is 0 Å². The van der Waals surface area contributed by atoms with Crippen molar-refractivity contribution >= 4 is 5.96 Å². The third kappa shape index (κ3) is 5.88. The predicted octanol–water partition coefficient (Wildman–Crippen LogP) is 3.06. The summed E-state index contributed by atoms with van der Waals surface area (Å²) in [5.74, 6) is 0.919. The molecular formula is C22H30N4. The molecule has 1 aliphatic rings. The molecule has 3 rings (SSSR count).